The molecule has 2 aromatic rings. The van der Waals surface area contributed by atoms with Crippen LogP contribution in [0.15, 0.2) is 35.5 Å². The number of aliphatic hydroxyl groups is 1. The van der Waals surface area contributed by atoms with Gasteiger partial charge in [-0.05, 0) is 18.2 Å². The molecule has 0 saturated heterocycles. The minimum absolute atomic E-state index is 0.0737. The first-order valence-corrected chi connectivity index (χ1v) is 8.10. The van der Waals surface area contributed by atoms with Gasteiger partial charge in [0.1, 0.15) is 17.3 Å². The van der Waals surface area contributed by atoms with Gasteiger partial charge in [0.2, 0.25) is 10.0 Å². The molecule has 0 spiro atoms. The van der Waals surface area contributed by atoms with E-state index in [1.807, 2.05) is 0 Å². The highest BCUT2D eigenvalue weighted by Gasteiger charge is 2.15. The summed E-state index contributed by atoms with van der Waals surface area (Å²) in [4.78, 5) is 4.77. The molecule has 5 nitrogen and oxygen atoms in total. The lowest BCUT2D eigenvalue weighted by Crippen LogP contribution is -2.23. The van der Waals surface area contributed by atoms with Gasteiger partial charge in [0.25, 0.3) is 0 Å². The van der Waals surface area contributed by atoms with Crippen molar-refractivity contribution in [2.45, 2.75) is 11.4 Å². The summed E-state index contributed by atoms with van der Waals surface area (Å²) >= 11 is 1.31. The van der Waals surface area contributed by atoms with E-state index in [4.69, 9.17) is 5.11 Å². The van der Waals surface area contributed by atoms with Crippen molar-refractivity contribution in [2.24, 2.45) is 0 Å². The van der Waals surface area contributed by atoms with Gasteiger partial charge < -0.3 is 5.11 Å². The van der Waals surface area contributed by atoms with Crippen molar-refractivity contribution in [1.29, 1.82) is 0 Å². The molecule has 0 radical (unpaired) electrons. The van der Waals surface area contributed by atoms with Crippen LogP contribution in [0.25, 0.3) is 0 Å². The second kappa shape index (κ2) is 6.78. The summed E-state index contributed by atoms with van der Waals surface area (Å²) < 4.78 is 39.3. The summed E-state index contributed by atoms with van der Waals surface area (Å²) in [5.74, 6) is 4.53. The van der Waals surface area contributed by atoms with Gasteiger partial charge in [0.15, 0.2) is 0 Å². The molecule has 2 rings (SSSR count). The Labute approximate surface area is 125 Å². The van der Waals surface area contributed by atoms with Crippen molar-refractivity contribution < 1.29 is 17.9 Å². The summed E-state index contributed by atoms with van der Waals surface area (Å²) in [6.45, 7) is -0.156. The van der Waals surface area contributed by atoms with Crippen molar-refractivity contribution in [2.75, 3.05) is 6.61 Å². The molecule has 2 heterocycles. The number of aliphatic hydroxyl groups excluding tert-OH is 1. The van der Waals surface area contributed by atoms with Gasteiger partial charge in [-0.2, -0.15) is 0 Å². The Bertz CT molecular complexity index is 791. The van der Waals surface area contributed by atoms with Crippen LogP contribution in [-0.4, -0.2) is 25.1 Å². The summed E-state index contributed by atoms with van der Waals surface area (Å²) in [6.07, 6.45) is 2.02. The number of nitrogens with one attached hydrogen (secondary N) is 1. The molecule has 8 heteroatoms. The number of hydrogen-bond acceptors (Lipinski definition) is 5. The minimum Gasteiger partial charge on any atom is -0.384 e. The molecule has 0 aliphatic heterocycles. The van der Waals surface area contributed by atoms with Crippen LogP contribution in [0.1, 0.15) is 9.75 Å². The van der Waals surface area contributed by atoms with E-state index in [2.05, 4.69) is 21.5 Å². The van der Waals surface area contributed by atoms with Gasteiger partial charge in [-0.1, -0.05) is 11.8 Å². The maximum absolute atomic E-state index is 13.0. The van der Waals surface area contributed by atoms with Crippen molar-refractivity contribution in [3.8, 4) is 11.8 Å². The zero-order chi connectivity index (χ0) is 15.3. The van der Waals surface area contributed by atoms with Crippen LogP contribution in [0.3, 0.4) is 0 Å². The monoisotopic (exact) mass is 326 g/mol. The van der Waals surface area contributed by atoms with Gasteiger partial charge in [-0.15, -0.1) is 11.3 Å². The molecule has 0 saturated carbocycles. The topological polar surface area (TPSA) is 79.3 Å². The molecule has 0 amide bonds. The van der Waals surface area contributed by atoms with E-state index < -0.39 is 15.8 Å². The van der Waals surface area contributed by atoms with E-state index in [1.54, 1.807) is 12.1 Å². The van der Waals surface area contributed by atoms with Gasteiger partial charge >= 0.3 is 0 Å². The number of hydrogen-bond donors (Lipinski definition) is 2. The Kier molecular flexibility index (Phi) is 5.03. The predicted molar refractivity (Wildman–Crippen MR) is 76.5 cm³/mol. The molecule has 2 N–H and O–H groups in total. The lowest BCUT2D eigenvalue weighted by molar-refractivity contribution is 0.350. The minimum atomic E-state index is -3.81. The third-order valence-electron chi connectivity index (χ3n) is 2.38. The molecular weight excluding hydrogens is 315 g/mol. The fraction of sp³-hybridized carbons (Fsp3) is 0.154. The quantitative estimate of drug-likeness (QED) is 0.825. The molecule has 0 unspecified atom stereocenters. The molecule has 2 aromatic heterocycles. The number of nitrogens with zero attached hydrogens (tertiary/aromatic N) is 1. The molecule has 0 fully saturated rings. The molecule has 0 aliphatic rings. The first-order valence-electron chi connectivity index (χ1n) is 5.80. The first kappa shape index (κ1) is 15.6. The number of rotatable bonds is 4. The smallest absolute Gasteiger partial charge is 0.242 e. The predicted octanol–water partition coefficient (Wildman–Crippen LogP) is 1.10. The second-order valence-electron chi connectivity index (χ2n) is 3.89. The van der Waals surface area contributed by atoms with Crippen LogP contribution in [-0.2, 0) is 16.6 Å². The van der Waals surface area contributed by atoms with E-state index in [-0.39, 0.29) is 18.0 Å². The number of halogens is 1. The normalized spacial score (nSPS) is 11.0. The fourth-order valence-corrected chi connectivity index (χ4v) is 3.35. The molecule has 0 aromatic carbocycles. The van der Waals surface area contributed by atoms with E-state index in [0.29, 0.717) is 0 Å². The third kappa shape index (κ3) is 4.34. The number of aromatic nitrogens is 1. The lowest BCUT2D eigenvalue weighted by atomic mass is 10.4. The highest BCUT2D eigenvalue weighted by atomic mass is 32.2. The Hall–Kier alpha value is -1.79. The van der Waals surface area contributed by atoms with E-state index in [0.717, 1.165) is 28.2 Å². The molecule has 110 valence electrons. The number of pyridine rings is 1. The Morgan fingerprint density at radius 2 is 2.19 bits per heavy atom. The van der Waals surface area contributed by atoms with Crippen LogP contribution < -0.4 is 4.72 Å². The zero-order valence-electron chi connectivity index (χ0n) is 10.7. The summed E-state index contributed by atoms with van der Waals surface area (Å²) in [6, 6.07) is 4.38. The highest BCUT2D eigenvalue weighted by molar-refractivity contribution is 7.89. The highest BCUT2D eigenvalue weighted by Crippen LogP contribution is 2.16. The van der Waals surface area contributed by atoms with E-state index in [9.17, 15) is 12.8 Å². The van der Waals surface area contributed by atoms with Crippen LogP contribution in [0, 0.1) is 17.7 Å². The molecule has 0 aliphatic carbocycles. The van der Waals surface area contributed by atoms with Crippen molar-refractivity contribution in [3.05, 3.63) is 46.2 Å². The zero-order valence-corrected chi connectivity index (χ0v) is 12.3. The maximum atomic E-state index is 13.0. The van der Waals surface area contributed by atoms with Gasteiger partial charge in [-0.25, -0.2) is 17.5 Å². The largest absolute Gasteiger partial charge is 0.384 e. The number of sulfonamides is 1. The molecule has 0 atom stereocenters. The maximum Gasteiger partial charge on any atom is 0.242 e. The first-order chi connectivity index (χ1) is 10.0. The van der Waals surface area contributed by atoms with Gasteiger partial charge in [-0.3, -0.25) is 4.98 Å². The van der Waals surface area contributed by atoms with Crippen LogP contribution >= 0.6 is 11.3 Å². The SMILES string of the molecule is O=S(=O)(NCc1ccc(C#CCO)s1)c1cncc(F)c1. The Morgan fingerprint density at radius 1 is 1.38 bits per heavy atom. The molecule has 0 bridgehead atoms. The summed E-state index contributed by atoms with van der Waals surface area (Å²) in [5, 5.41) is 8.60. The third-order valence-corrected chi connectivity index (χ3v) is 4.75. The fourth-order valence-electron chi connectivity index (χ4n) is 1.46. The van der Waals surface area contributed by atoms with Crippen molar-refractivity contribution >= 4 is 21.4 Å². The van der Waals surface area contributed by atoms with Gasteiger partial charge in [0.05, 0.1) is 11.1 Å². The summed E-state index contributed by atoms with van der Waals surface area (Å²) in [5.41, 5.74) is 0. The van der Waals surface area contributed by atoms with E-state index in [1.165, 1.54) is 11.3 Å². The van der Waals surface area contributed by atoms with Crippen LogP contribution in [0.4, 0.5) is 4.39 Å². The average molecular weight is 326 g/mol. The lowest BCUT2D eigenvalue weighted by Gasteiger charge is -2.04. The van der Waals surface area contributed by atoms with Crippen molar-refractivity contribution in [1.82, 2.24) is 9.71 Å². The van der Waals surface area contributed by atoms with Gasteiger partial charge in [0, 0.05) is 17.6 Å². The average Bonchev–Trinajstić information content (AvgIpc) is 2.91. The van der Waals surface area contributed by atoms with Crippen LogP contribution in [0.2, 0.25) is 0 Å². The number of thiophene rings is 1. The Balaban J connectivity index is 2.07. The van der Waals surface area contributed by atoms with Crippen molar-refractivity contribution in [3.63, 3.8) is 0 Å². The van der Waals surface area contributed by atoms with E-state index >= 15 is 0 Å². The summed E-state index contributed by atoms with van der Waals surface area (Å²) in [7, 11) is -3.81. The molecular formula is C13H11FN2O3S2. The standard InChI is InChI=1S/C13H11FN2O3S2/c14-10-6-13(9-15-7-10)21(18,19)16-8-12-4-3-11(20-12)2-1-5-17/h3-4,6-7,9,16-17H,5,8H2. The second-order valence-corrected chi connectivity index (χ2v) is 6.82. The van der Waals surface area contributed by atoms with Crippen LogP contribution in [0.5, 0.6) is 0 Å². The Morgan fingerprint density at radius 3 is 2.90 bits per heavy atom. The molecule has 21 heavy (non-hydrogen) atoms.